The fourth-order valence-electron chi connectivity index (χ4n) is 2.48. The van der Waals surface area contributed by atoms with Gasteiger partial charge in [0.1, 0.15) is 0 Å². The van der Waals surface area contributed by atoms with Gasteiger partial charge in [0, 0.05) is 0 Å². The molecule has 1 heterocycles. The van der Waals surface area contributed by atoms with Crippen LogP contribution in [0.2, 0.25) is 0 Å². The Bertz CT molecular complexity index is 1020. The number of rotatable bonds is 4. The van der Waals surface area contributed by atoms with Crippen molar-refractivity contribution in [2.75, 3.05) is 5.01 Å². The molecule has 0 spiro atoms. The van der Waals surface area contributed by atoms with Crippen LogP contribution in [-0.2, 0) is 14.8 Å². The normalized spacial score (nSPS) is 16.5. The molecule has 7 heteroatoms. The number of hydrazone groups is 1. The number of amides is 1. The van der Waals surface area contributed by atoms with Gasteiger partial charge in [0.05, 0.1) is 21.9 Å². The molecule has 1 aliphatic rings. The lowest BCUT2D eigenvalue weighted by molar-refractivity contribution is -0.114. The Morgan fingerprint density at radius 3 is 2.31 bits per heavy atom. The van der Waals surface area contributed by atoms with Crippen LogP contribution in [0, 0.1) is 0 Å². The van der Waals surface area contributed by atoms with Gasteiger partial charge in [-0.25, -0.2) is 13.6 Å². The van der Waals surface area contributed by atoms with Crippen LogP contribution in [0.1, 0.15) is 12.5 Å². The number of carbonyl (C=O) groups is 1. The summed E-state index contributed by atoms with van der Waals surface area (Å²) in [6.45, 7) is 1.75. The van der Waals surface area contributed by atoms with Gasteiger partial charge in [-0.05, 0) is 42.8 Å². The molecule has 0 aromatic heterocycles. The predicted octanol–water partition coefficient (Wildman–Crippen LogP) is 2.70. The van der Waals surface area contributed by atoms with Gasteiger partial charge in [-0.2, -0.15) is 10.1 Å². The molecule has 0 fully saturated rings. The summed E-state index contributed by atoms with van der Waals surface area (Å²) in [5, 5.41) is 10.6. The quantitative estimate of drug-likeness (QED) is 0.842. The Balaban J connectivity index is 1.82. The molecule has 3 rings (SSSR count). The molecule has 6 nitrogen and oxygen atoms in total. The summed E-state index contributed by atoms with van der Waals surface area (Å²) in [7, 11) is -3.78. The highest BCUT2D eigenvalue weighted by Crippen LogP contribution is 2.24. The SMILES string of the molecule is CC1=NN(c2ccc(S(N)(=O)=O)cc2)C(=O)/C1=C/C=C/c1ccccc1. The molecule has 2 aromatic carbocycles. The van der Waals surface area contributed by atoms with Gasteiger partial charge >= 0.3 is 0 Å². The van der Waals surface area contributed by atoms with Gasteiger partial charge < -0.3 is 0 Å². The van der Waals surface area contributed by atoms with E-state index < -0.39 is 10.0 Å². The lowest BCUT2D eigenvalue weighted by atomic mass is 10.1. The zero-order chi connectivity index (χ0) is 18.7. The molecule has 132 valence electrons. The van der Waals surface area contributed by atoms with Crippen LogP contribution in [0.25, 0.3) is 6.08 Å². The average Bonchev–Trinajstić information content (AvgIpc) is 2.90. The molecule has 0 aliphatic carbocycles. The molecule has 26 heavy (non-hydrogen) atoms. The van der Waals surface area contributed by atoms with Crippen LogP contribution in [0.5, 0.6) is 0 Å². The van der Waals surface area contributed by atoms with E-state index in [1.807, 2.05) is 36.4 Å². The van der Waals surface area contributed by atoms with Crippen LogP contribution in [0.3, 0.4) is 0 Å². The first-order valence-electron chi connectivity index (χ1n) is 7.82. The van der Waals surface area contributed by atoms with Gasteiger partial charge in [0.15, 0.2) is 0 Å². The molecule has 0 unspecified atom stereocenters. The fraction of sp³-hybridized carbons (Fsp3) is 0.0526. The van der Waals surface area contributed by atoms with Crippen molar-refractivity contribution in [2.24, 2.45) is 10.2 Å². The van der Waals surface area contributed by atoms with Crippen molar-refractivity contribution in [3.8, 4) is 0 Å². The standard InChI is InChI=1S/C19H17N3O3S/c1-14-18(9-5-8-15-6-3-2-4-7-15)19(23)22(21-14)16-10-12-17(13-11-16)26(20,24)25/h2-13H,1H3,(H2,20,24,25)/b8-5+,18-9+. The number of benzene rings is 2. The van der Waals surface area contributed by atoms with Crippen molar-refractivity contribution >= 4 is 33.4 Å². The summed E-state index contributed by atoms with van der Waals surface area (Å²) in [6, 6.07) is 15.4. The van der Waals surface area contributed by atoms with Crippen LogP contribution < -0.4 is 10.1 Å². The number of nitrogens with zero attached hydrogens (tertiary/aromatic N) is 2. The van der Waals surface area contributed by atoms with E-state index in [2.05, 4.69) is 5.10 Å². The van der Waals surface area contributed by atoms with E-state index in [4.69, 9.17) is 5.14 Å². The number of primary sulfonamides is 1. The summed E-state index contributed by atoms with van der Waals surface area (Å²) in [5.74, 6) is -0.274. The van der Waals surface area contributed by atoms with E-state index in [1.54, 1.807) is 19.1 Å². The molecule has 2 aromatic rings. The van der Waals surface area contributed by atoms with Crippen LogP contribution >= 0.6 is 0 Å². The van der Waals surface area contributed by atoms with Gasteiger partial charge in [-0.3, -0.25) is 4.79 Å². The monoisotopic (exact) mass is 367 g/mol. The molecule has 2 N–H and O–H groups in total. The molecular formula is C19H17N3O3S. The summed E-state index contributed by atoms with van der Waals surface area (Å²) < 4.78 is 22.6. The first-order chi connectivity index (χ1) is 12.4. The largest absolute Gasteiger partial charge is 0.280 e. The van der Waals surface area contributed by atoms with Crippen molar-refractivity contribution in [3.63, 3.8) is 0 Å². The number of sulfonamides is 1. The highest BCUT2D eigenvalue weighted by molar-refractivity contribution is 7.89. The Labute approximate surface area is 152 Å². The van der Waals surface area contributed by atoms with E-state index in [0.717, 1.165) is 5.56 Å². The third-order valence-corrected chi connectivity index (χ3v) is 4.75. The molecule has 0 saturated heterocycles. The molecule has 1 amide bonds. The second-order valence-corrected chi connectivity index (χ2v) is 7.25. The first-order valence-corrected chi connectivity index (χ1v) is 9.37. The number of allylic oxidation sites excluding steroid dienone is 2. The first kappa shape index (κ1) is 17.8. The molecule has 0 radical (unpaired) electrons. The number of hydrogen-bond acceptors (Lipinski definition) is 4. The van der Waals surface area contributed by atoms with Gasteiger partial charge in [0.2, 0.25) is 10.0 Å². The zero-order valence-corrected chi connectivity index (χ0v) is 14.8. The lowest BCUT2D eigenvalue weighted by Gasteiger charge is -2.11. The highest BCUT2D eigenvalue weighted by Gasteiger charge is 2.28. The van der Waals surface area contributed by atoms with Gasteiger partial charge in [-0.15, -0.1) is 0 Å². The molecule has 0 atom stereocenters. The summed E-state index contributed by atoms with van der Waals surface area (Å²) in [4.78, 5) is 12.6. The van der Waals surface area contributed by atoms with E-state index in [0.29, 0.717) is 17.0 Å². The average molecular weight is 367 g/mol. The van der Waals surface area contributed by atoms with E-state index in [9.17, 15) is 13.2 Å². The van der Waals surface area contributed by atoms with Crippen LogP contribution in [-0.4, -0.2) is 20.0 Å². The maximum atomic E-state index is 12.6. The Kier molecular flexibility index (Phi) is 4.83. The van der Waals surface area contributed by atoms with Crippen molar-refractivity contribution < 1.29 is 13.2 Å². The third kappa shape index (κ3) is 3.79. The minimum Gasteiger partial charge on any atom is -0.267 e. The van der Waals surface area contributed by atoms with Gasteiger partial charge in [-0.1, -0.05) is 42.5 Å². The summed E-state index contributed by atoms with van der Waals surface area (Å²) in [6.07, 6.45) is 5.42. The maximum Gasteiger partial charge on any atom is 0.280 e. The zero-order valence-electron chi connectivity index (χ0n) is 14.0. The summed E-state index contributed by atoms with van der Waals surface area (Å²) >= 11 is 0. The van der Waals surface area contributed by atoms with Crippen molar-refractivity contribution in [1.29, 1.82) is 0 Å². The van der Waals surface area contributed by atoms with E-state index in [-0.39, 0.29) is 10.8 Å². The van der Waals surface area contributed by atoms with Crippen molar-refractivity contribution in [2.45, 2.75) is 11.8 Å². The molecule has 1 aliphatic heterocycles. The smallest absolute Gasteiger partial charge is 0.267 e. The minimum absolute atomic E-state index is 0.0184. The van der Waals surface area contributed by atoms with E-state index in [1.165, 1.54) is 29.3 Å². The predicted molar refractivity (Wildman–Crippen MR) is 102 cm³/mol. The third-order valence-electron chi connectivity index (χ3n) is 3.82. The van der Waals surface area contributed by atoms with Crippen LogP contribution in [0.15, 0.2) is 82.3 Å². The molecule has 0 saturated carbocycles. The van der Waals surface area contributed by atoms with Crippen LogP contribution in [0.4, 0.5) is 5.69 Å². The number of hydrogen-bond donors (Lipinski definition) is 1. The Morgan fingerprint density at radius 2 is 1.69 bits per heavy atom. The van der Waals surface area contributed by atoms with E-state index >= 15 is 0 Å². The number of anilines is 1. The Morgan fingerprint density at radius 1 is 1.04 bits per heavy atom. The maximum absolute atomic E-state index is 12.6. The number of nitrogens with two attached hydrogens (primary N) is 1. The van der Waals surface area contributed by atoms with Crippen molar-refractivity contribution in [1.82, 2.24) is 0 Å². The topological polar surface area (TPSA) is 92.8 Å². The summed E-state index contributed by atoms with van der Waals surface area (Å²) in [5.41, 5.74) is 2.56. The van der Waals surface area contributed by atoms with Gasteiger partial charge in [0.25, 0.3) is 5.91 Å². The Hall–Kier alpha value is -3.03. The second-order valence-electron chi connectivity index (χ2n) is 5.69. The number of carbonyl (C=O) groups excluding carboxylic acids is 1. The molecule has 0 bridgehead atoms. The minimum atomic E-state index is -3.78. The lowest BCUT2D eigenvalue weighted by Crippen LogP contribution is -2.21. The van der Waals surface area contributed by atoms with Crippen molar-refractivity contribution in [3.05, 3.63) is 77.9 Å². The molecular weight excluding hydrogens is 350 g/mol. The second kappa shape index (κ2) is 7.07. The highest BCUT2D eigenvalue weighted by atomic mass is 32.2. The fourth-order valence-corrected chi connectivity index (χ4v) is 3.00.